The molecule has 74 valence electrons. The third-order valence-corrected chi connectivity index (χ3v) is 2.29. The van der Waals surface area contributed by atoms with E-state index in [1.165, 1.54) is 0 Å². The van der Waals surface area contributed by atoms with Gasteiger partial charge in [-0.1, -0.05) is 12.2 Å². The predicted molar refractivity (Wildman–Crippen MR) is 56.8 cm³/mol. The lowest BCUT2D eigenvalue weighted by molar-refractivity contribution is 0.642. The Kier molecular flexibility index (Phi) is 2.62. The molecule has 0 spiro atoms. The van der Waals surface area contributed by atoms with E-state index in [4.69, 9.17) is 5.73 Å². The number of nitrogens with two attached hydrogens (primary N) is 1. The molecule has 0 aliphatic heterocycles. The van der Waals surface area contributed by atoms with Crippen LogP contribution >= 0.6 is 0 Å². The molecule has 0 amide bonds. The lowest BCUT2D eigenvalue weighted by atomic mass is 10.0. The fraction of sp³-hybridized carbons (Fsp3) is 0.400. The van der Waals surface area contributed by atoms with Crippen LogP contribution in [0.3, 0.4) is 0 Å². The molecule has 0 saturated carbocycles. The monoisotopic (exact) mass is 190 g/mol. The molecule has 1 unspecified atom stereocenters. The van der Waals surface area contributed by atoms with Gasteiger partial charge in [-0.15, -0.1) is 0 Å². The van der Waals surface area contributed by atoms with Gasteiger partial charge in [0.05, 0.1) is 12.4 Å². The molecular weight excluding hydrogens is 176 g/mol. The number of rotatable bonds is 2. The highest BCUT2D eigenvalue weighted by atomic mass is 15.0. The third-order valence-electron chi connectivity index (χ3n) is 2.29. The minimum atomic E-state index is 0.457. The van der Waals surface area contributed by atoms with Gasteiger partial charge in [-0.3, -0.25) is 0 Å². The quantitative estimate of drug-likeness (QED) is 0.695. The van der Waals surface area contributed by atoms with E-state index in [0.717, 1.165) is 25.1 Å². The van der Waals surface area contributed by atoms with E-state index in [9.17, 15) is 0 Å². The topological polar surface area (TPSA) is 63.8 Å². The summed E-state index contributed by atoms with van der Waals surface area (Å²) < 4.78 is 0. The summed E-state index contributed by atoms with van der Waals surface area (Å²) in [7, 11) is 0. The highest BCUT2D eigenvalue weighted by Crippen LogP contribution is 2.15. The molecule has 4 nitrogen and oxygen atoms in total. The van der Waals surface area contributed by atoms with Crippen molar-refractivity contribution >= 4 is 11.6 Å². The van der Waals surface area contributed by atoms with Crippen LogP contribution in [0.2, 0.25) is 0 Å². The summed E-state index contributed by atoms with van der Waals surface area (Å²) in [6.45, 7) is 0. The molecular formula is C10H14N4. The lowest BCUT2D eigenvalue weighted by Gasteiger charge is -2.19. The molecule has 0 bridgehead atoms. The summed E-state index contributed by atoms with van der Waals surface area (Å²) in [6.07, 6.45) is 11.0. The summed E-state index contributed by atoms with van der Waals surface area (Å²) in [4.78, 5) is 8.13. The van der Waals surface area contributed by atoms with Crippen LogP contribution in [0, 0.1) is 0 Å². The van der Waals surface area contributed by atoms with Gasteiger partial charge in [-0.25, -0.2) is 9.97 Å². The molecule has 0 fully saturated rings. The number of nitrogens with one attached hydrogen (secondary N) is 1. The fourth-order valence-electron chi connectivity index (χ4n) is 1.55. The van der Waals surface area contributed by atoms with E-state index in [0.29, 0.717) is 11.9 Å². The van der Waals surface area contributed by atoms with Crippen LogP contribution in [-0.4, -0.2) is 16.0 Å². The van der Waals surface area contributed by atoms with E-state index in [2.05, 4.69) is 27.4 Å². The van der Waals surface area contributed by atoms with Gasteiger partial charge < -0.3 is 11.1 Å². The largest absolute Gasteiger partial charge is 0.382 e. The van der Waals surface area contributed by atoms with Crippen LogP contribution in [0.1, 0.15) is 19.3 Å². The molecule has 1 aromatic rings. The standard InChI is InChI=1S/C10H14N4/c11-9-6-13-10(7-12-9)14-8-4-2-1-3-5-8/h1-2,6-8H,3-5H2,(H2,11,12)(H,13,14). The Morgan fingerprint density at radius 3 is 2.86 bits per heavy atom. The zero-order chi connectivity index (χ0) is 9.80. The average Bonchev–Trinajstić information content (AvgIpc) is 2.23. The molecule has 3 N–H and O–H groups in total. The van der Waals surface area contributed by atoms with Gasteiger partial charge in [0, 0.05) is 6.04 Å². The number of hydrogen-bond acceptors (Lipinski definition) is 4. The SMILES string of the molecule is Nc1cnc(NC2CC=CCC2)cn1. The molecule has 1 aromatic heterocycles. The smallest absolute Gasteiger partial charge is 0.144 e. The predicted octanol–water partition coefficient (Wildman–Crippen LogP) is 1.58. The summed E-state index contributed by atoms with van der Waals surface area (Å²) in [6, 6.07) is 0.484. The minimum Gasteiger partial charge on any atom is -0.382 e. The normalized spacial score (nSPS) is 20.7. The van der Waals surface area contributed by atoms with E-state index >= 15 is 0 Å². The first-order valence-electron chi connectivity index (χ1n) is 4.83. The van der Waals surface area contributed by atoms with Gasteiger partial charge in [-0.2, -0.15) is 0 Å². The maximum absolute atomic E-state index is 5.45. The van der Waals surface area contributed by atoms with Crippen LogP contribution in [0.25, 0.3) is 0 Å². The van der Waals surface area contributed by atoms with Crippen molar-refractivity contribution in [1.82, 2.24) is 9.97 Å². The molecule has 1 aliphatic rings. The van der Waals surface area contributed by atoms with Crippen molar-refractivity contribution in [2.24, 2.45) is 0 Å². The number of allylic oxidation sites excluding steroid dienone is 1. The minimum absolute atomic E-state index is 0.457. The number of hydrogen-bond donors (Lipinski definition) is 2. The molecule has 0 aromatic carbocycles. The van der Waals surface area contributed by atoms with Crippen molar-refractivity contribution in [3.05, 3.63) is 24.5 Å². The average molecular weight is 190 g/mol. The van der Waals surface area contributed by atoms with Gasteiger partial charge in [0.2, 0.25) is 0 Å². The zero-order valence-electron chi connectivity index (χ0n) is 7.98. The van der Waals surface area contributed by atoms with Crippen molar-refractivity contribution in [1.29, 1.82) is 0 Å². The zero-order valence-corrected chi connectivity index (χ0v) is 7.98. The Morgan fingerprint density at radius 1 is 1.29 bits per heavy atom. The summed E-state index contributed by atoms with van der Waals surface area (Å²) in [5.74, 6) is 1.26. The van der Waals surface area contributed by atoms with Gasteiger partial charge in [-0.05, 0) is 19.3 Å². The molecule has 14 heavy (non-hydrogen) atoms. The fourth-order valence-corrected chi connectivity index (χ4v) is 1.55. The Labute approximate surface area is 83.3 Å². The summed E-state index contributed by atoms with van der Waals surface area (Å²) in [5.41, 5.74) is 5.45. The second-order valence-electron chi connectivity index (χ2n) is 3.45. The Balaban J connectivity index is 1.96. The first-order chi connectivity index (χ1) is 6.84. The number of nitrogen functional groups attached to an aromatic ring is 1. The van der Waals surface area contributed by atoms with Crippen LogP contribution in [-0.2, 0) is 0 Å². The maximum atomic E-state index is 5.45. The van der Waals surface area contributed by atoms with Crippen molar-refractivity contribution in [3.8, 4) is 0 Å². The first-order valence-corrected chi connectivity index (χ1v) is 4.83. The molecule has 1 heterocycles. The van der Waals surface area contributed by atoms with E-state index < -0.39 is 0 Å². The highest BCUT2D eigenvalue weighted by Gasteiger charge is 2.09. The number of nitrogens with zero attached hydrogens (tertiary/aromatic N) is 2. The number of anilines is 2. The summed E-state index contributed by atoms with van der Waals surface area (Å²) >= 11 is 0. The molecule has 2 rings (SSSR count). The van der Waals surface area contributed by atoms with E-state index in [1.807, 2.05) is 0 Å². The Bertz CT molecular complexity index is 317. The van der Waals surface area contributed by atoms with Crippen molar-refractivity contribution < 1.29 is 0 Å². The van der Waals surface area contributed by atoms with Gasteiger partial charge in [0.25, 0.3) is 0 Å². The van der Waals surface area contributed by atoms with Crippen LogP contribution in [0.5, 0.6) is 0 Å². The highest BCUT2D eigenvalue weighted by molar-refractivity contribution is 5.37. The van der Waals surface area contributed by atoms with Crippen molar-refractivity contribution in [3.63, 3.8) is 0 Å². The molecule has 4 heteroatoms. The Morgan fingerprint density at radius 2 is 2.21 bits per heavy atom. The molecule has 0 saturated heterocycles. The second-order valence-corrected chi connectivity index (χ2v) is 3.45. The van der Waals surface area contributed by atoms with Crippen LogP contribution in [0.4, 0.5) is 11.6 Å². The third kappa shape index (κ3) is 2.22. The van der Waals surface area contributed by atoms with Crippen molar-refractivity contribution in [2.45, 2.75) is 25.3 Å². The number of aromatic nitrogens is 2. The van der Waals surface area contributed by atoms with Gasteiger partial charge in [0.15, 0.2) is 0 Å². The Hall–Kier alpha value is -1.58. The lowest BCUT2D eigenvalue weighted by Crippen LogP contribution is -2.21. The second kappa shape index (κ2) is 4.09. The molecule has 1 atom stereocenters. The molecule has 1 aliphatic carbocycles. The van der Waals surface area contributed by atoms with Gasteiger partial charge >= 0.3 is 0 Å². The summed E-state index contributed by atoms with van der Waals surface area (Å²) in [5, 5.41) is 3.33. The maximum Gasteiger partial charge on any atom is 0.144 e. The van der Waals surface area contributed by atoms with Crippen LogP contribution < -0.4 is 11.1 Å². The van der Waals surface area contributed by atoms with Gasteiger partial charge in [0.1, 0.15) is 11.6 Å². The van der Waals surface area contributed by atoms with E-state index in [1.54, 1.807) is 12.4 Å². The van der Waals surface area contributed by atoms with E-state index in [-0.39, 0.29) is 0 Å². The first kappa shape index (κ1) is 8.99. The van der Waals surface area contributed by atoms with Crippen molar-refractivity contribution in [2.75, 3.05) is 11.1 Å². The molecule has 0 radical (unpaired) electrons. The van der Waals surface area contributed by atoms with Crippen LogP contribution in [0.15, 0.2) is 24.5 Å².